The fourth-order valence-corrected chi connectivity index (χ4v) is 2.52. The first-order valence-corrected chi connectivity index (χ1v) is 4.66. The average Bonchev–Trinajstić information content (AvgIpc) is 2.04. The van der Waals surface area contributed by atoms with Gasteiger partial charge in [-0.1, -0.05) is 11.5 Å². The van der Waals surface area contributed by atoms with Crippen LogP contribution in [0.3, 0.4) is 0 Å². The van der Waals surface area contributed by atoms with Crippen LogP contribution >= 0.6 is 0 Å². The van der Waals surface area contributed by atoms with E-state index in [1.54, 1.807) is 0 Å². The molecule has 1 saturated carbocycles. The van der Waals surface area contributed by atoms with Crippen LogP contribution in [0.25, 0.3) is 10.4 Å². The molecule has 2 bridgehead atoms. The molecule has 2 rings (SSSR count). The molecule has 12 heavy (non-hydrogen) atoms. The molecule has 1 heterocycles. The van der Waals surface area contributed by atoms with Crippen molar-refractivity contribution in [3.63, 3.8) is 0 Å². The monoisotopic (exact) mass is 166 g/mol. The predicted molar refractivity (Wildman–Crippen MR) is 46.6 cm³/mol. The zero-order valence-corrected chi connectivity index (χ0v) is 7.11. The maximum absolute atomic E-state index is 8.41. The van der Waals surface area contributed by atoms with Crippen LogP contribution in [0.4, 0.5) is 0 Å². The zero-order chi connectivity index (χ0) is 8.39. The molecule has 4 heteroatoms. The van der Waals surface area contributed by atoms with Crippen molar-refractivity contribution in [2.24, 2.45) is 17.0 Å². The minimum absolute atomic E-state index is 0.282. The quantitative estimate of drug-likeness (QED) is 0.359. The van der Waals surface area contributed by atoms with Crippen molar-refractivity contribution >= 4 is 0 Å². The molecular weight excluding hydrogens is 152 g/mol. The van der Waals surface area contributed by atoms with Crippen LogP contribution in [-0.2, 0) is 0 Å². The molecule has 1 aliphatic carbocycles. The average molecular weight is 166 g/mol. The maximum atomic E-state index is 8.41. The molecule has 1 saturated heterocycles. The van der Waals surface area contributed by atoms with Gasteiger partial charge in [0, 0.05) is 11.0 Å². The highest BCUT2D eigenvalue weighted by Gasteiger charge is 2.35. The molecular formula is C8H14N4. The van der Waals surface area contributed by atoms with Crippen molar-refractivity contribution in [2.45, 2.75) is 25.3 Å². The molecule has 0 spiro atoms. The SMILES string of the molecule is [N-]=[N+]=NC1C2CCCC1CNC2. The molecule has 2 aliphatic rings. The van der Waals surface area contributed by atoms with Crippen LogP contribution in [0.5, 0.6) is 0 Å². The second-order valence-corrected chi connectivity index (χ2v) is 3.80. The van der Waals surface area contributed by atoms with E-state index in [0.29, 0.717) is 11.8 Å². The number of piperidine rings is 1. The van der Waals surface area contributed by atoms with E-state index in [1.165, 1.54) is 19.3 Å². The lowest BCUT2D eigenvalue weighted by Crippen LogP contribution is -2.48. The summed E-state index contributed by atoms with van der Waals surface area (Å²) in [6.07, 6.45) is 3.77. The van der Waals surface area contributed by atoms with Gasteiger partial charge in [0.15, 0.2) is 0 Å². The van der Waals surface area contributed by atoms with Crippen LogP contribution in [0.15, 0.2) is 5.11 Å². The molecule has 0 aromatic rings. The Kier molecular flexibility index (Phi) is 2.19. The standard InChI is InChI=1S/C8H14N4/c9-12-11-8-6-2-1-3-7(8)5-10-4-6/h6-8,10H,1-5H2. The van der Waals surface area contributed by atoms with E-state index in [4.69, 9.17) is 5.53 Å². The van der Waals surface area contributed by atoms with Gasteiger partial charge in [0.25, 0.3) is 0 Å². The van der Waals surface area contributed by atoms with Gasteiger partial charge in [0.2, 0.25) is 0 Å². The molecule has 4 nitrogen and oxygen atoms in total. The lowest BCUT2D eigenvalue weighted by Gasteiger charge is -2.40. The first-order chi connectivity index (χ1) is 5.92. The van der Waals surface area contributed by atoms with Crippen LogP contribution in [0.2, 0.25) is 0 Å². The van der Waals surface area contributed by atoms with Gasteiger partial charge in [-0.05, 0) is 43.3 Å². The van der Waals surface area contributed by atoms with Gasteiger partial charge >= 0.3 is 0 Å². The summed E-state index contributed by atoms with van der Waals surface area (Å²) in [5, 5.41) is 7.30. The Bertz CT molecular complexity index is 187. The summed E-state index contributed by atoms with van der Waals surface area (Å²) in [5.41, 5.74) is 8.41. The van der Waals surface area contributed by atoms with E-state index >= 15 is 0 Å². The first kappa shape index (κ1) is 7.90. The number of nitrogens with one attached hydrogen (secondary N) is 1. The van der Waals surface area contributed by atoms with Crippen LogP contribution < -0.4 is 5.32 Å². The molecule has 2 fully saturated rings. The number of fused-ring (bicyclic) bond motifs is 2. The Balaban J connectivity index is 2.13. The third kappa shape index (κ3) is 1.28. The Morgan fingerprint density at radius 1 is 1.25 bits per heavy atom. The highest BCUT2D eigenvalue weighted by Crippen LogP contribution is 2.33. The fourth-order valence-electron chi connectivity index (χ4n) is 2.52. The molecule has 66 valence electrons. The van der Waals surface area contributed by atoms with E-state index in [0.717, 1.165) is 13.1 Å². The van der Waals surface area contributed by atoms with Crippen LogP contribution in [-0.4, -0.2) is 19.1 Å². The summed E-state index contributed by atoms with van der Waals surface area (Å²) >= 11 is 0. The summed E-state index contributed by atoms with van der Waals surface area (Å²) < 4.78 is 0. The van der Waals surface area contributed by atoms with E-state index in [-0.39, 0.29) is 6.04 Å². The molecule has 0 radical (unpaired) electrons. The van der Waals surface area contributed by atoms with E-state index < -0.39 is 0 Å². The number of rotatable bonds is 1. The summed E-state index contributed by atoms with van der Waals surface area (Å²) in [4.78, 5) is 2.94. The van der Waals surface area contributed by atoms with Crippen molar-refractivity contribution < 1.29 is 0 Å². The molecule has 0 aromatic carbocycles. The lowest BCUT2D eigenvalue weighted by molar-refractivity contribution is 0.169. The van der Waals surface area contributed by atoms with E-state index in [2.05, 4.69) is 15.3 Å². The second-order valence-electron chi connectivity index (χ2n) is 3.80. The Hall–Kier alpha value is -0.730. The molecule has 2 atom stereocenters. The Morgan fingerprint density at radius 2 is 1.92 bits per heavy atom. The van der Waals surface area contributed by atoms with Gasteiger partial charge in [-0.25, -0.2) is 0 Å². The summed E-state index contributed by atoms with van der Waals surface area (Å²) in [5.74, 6) is 1.21. The van der Waals surface area contributed by atoms with Gasteiger partial charge < -0.3 is 5.32 Å². The fraction of sp³-hybridized carbons (Fsp3) is 1.00. The van der Waals surface area contributed by atoms with Gasteiger partial charge in [-0.2, -0.15) is 0 Å². The summed E-state index contributed by atoms with van der Waals surface area (Å²) in [6, 6.07) is 0.282. The topological polar surface area (TPSA) is 60.8 Å². The summed E-state index contributed by atoms with van der Waals surface area (Å²) in [6.45, 7) is 2.08. The maximum Gasteiger partial charge on any atom is 0.0454 e. The Labute approximate surface area is 72.0 Å². The minimum Gasteiger partial charge on any atom is -0.316 e. The molecule has 1 aliphatic heterocycles. The van der Waals surface area contributed by atoms with E-state index in [1.807, 2.05) is 0 Å². The largest absolute Gasteiger partial charge is 0.316 e. The number of hydrogen-bond acceptors (Lipinski definition) is 2. The van der Waals surface area contributed by atoms with Gasteiger partial charge in [-0.3, -0.25) is 0 Å². The highest BCUT2D eigenvalue weighted by atomic mass is 15.2. The molecule has 2 unspecified atom stereocenters. The van der Waals surface area contributed by atoms with Gasteiger partial charge in [0.1, 0.15) is 0 Å². The molecule has 0 aromatic heterocycles. The van der Waals surface area contributed by atoms with Crippen LogP contribution in [0, 0.1) is 11.8 Å². The summed E-state index contributed by atoms with van der Waals surface area (Å²) in [7, 11) is 0. The third-order valence-corrected chi connectivity index (χ3v) is 3.11. The van der Waals surface area contributed by atoms with Crippen molar-refractivity contribution in [2.75, 3.05) is 13.1 Å². The predicted octanol–water partition coefficient (Wildman–Crippen LogP) is 1.68. The number of azide groups is 1. The third-order valence-electron chi connectivity index (χ3n) is 3.11. The van der Waals surface area contributed by atoms with E-state index in [9.17, 15) is 0 Å². The minimum atomic E-state index is 0.282. The second kappa shape index (κ2) is 3.33. The lowest BCUT2D eigenvalue weighted by atomic mass is 9.75. The van der Waals surface area contributed by atoms with Crippen molar-refractivity contribution in [1.82, 2.24) is 5.32 Å². The molecule has 1 N–H and O–H groups in total. The zero-order valence-electron chi connectivity index (χ0n) is 7.11. The Morgan fingerprint density at radius 3 is 2.50 bits per heavy atom. The van der Waals surface area contributed by atoms with Crippen molar-refractivity contribution in [1.29, 1.82) is 0 Å². The smallest absolute Gasteiger partial charge is 0.0454 e. The van der Waals surface area contributed by atoms with Crippen LogP contribution in [0.1, 0.15) is 19.3 Å². The normalized spacial score (nSPS) is 40.2. The molecule has 0 amide bonds. The number of hydrogen-bond donors (Lipinski definition) is 1. The van der Waals surface area contributed by atoms with Crippen molar-refractivity contribution in [3.8, 4) is 0 Å². The number of nitrogens with zero attached hydrogens (tertiary/aromatic N) is 3. The van der Waals surface area contributed by atoms with Gasteiger partial charge in [-0.15, -0.1) is 0 Å². The van der Waals surface area contributed by atoms with Gasteiger partial charge in [0.05, 0.1) is 0 Å². The highest BCUT2D eigenvalue weighted by molar-refractivity contribution is 4.93. The first-order valence-electron chi connectivity index (χ1n) is 4.66. The van der Waals surface area contributed by atoms with Crippen molar-refractivity contribution in [3.05, 3.63) is 10.4 Å².